The molecule has 1 aromatic carbocycles. The van der Waals surface area contributed by atoms with E-state index in [1.807, 2.05) is 6.92 Å². The fraction of sp³-hybridized carbons (Fsp3) is 0.438. The van der Waals surface area contributed by atoms with Gasteiger partial charge in [-0.25, -0.2) is 0 Å². The summed E-state index contributed by atoms with van der Waals surface area (Å²) in [6.07, 6.45) is 0.838. The molecule has 0 bridgehead atoms. The SMILES string of the molecule is CCCNC(=O)CNC(=O)CN(C)CC(=O)Nc1ccc(Cl)cc1. The molecule has 24 heavy (non-hydrogen) atoms. The first-order valence-corrected chi connectivity index (χ1v) is 8.06. The van der Waals surface area contributed by atoms with Gasteiger partial charge in [0.1, 0.15) is 0 Å². The quantitative estimate of drug-likeness (QED) is 0.613. The van der Waals surface area contributed by atoms with Crippen molar-refractivity contribution in [1.82, 2.24) is 15.5 Å². The number of rotatable bonds is 9. The number of hydrogen-bond acceptors (Lipinski definition) is 4. The molecule has 0 atom stereocenters. The molecule has 0 saturated heterocycles. The van der Waals surface area contributed by atoms with Gasteiger partial charge in [-0.3, -0.25) is 19.3 Å². The number of nitrogens with one attached hydrogen (secondary N) is 3. The summed E-state index contributed by atoms with van der Waals surface area (Å²) >= 11 is 5.78. The second-order valence-electron chi connectivity index (χ2n) is 5.35. The normalized spacial score (nSPS) is 10.3. The molecule has 0 saturated carbocycles. The first-order valence-electron chi connectivity index (χ1n) is 7.68. The molecule has 3 amide bonds. The summed E-state index contributed by atoms with van der Waals surface area (Å²) < 4.78 is 0. The molecular formula is C16H23ClN4O3. The summed E-state index contributed by atoms with van der Waals surface area (Å²) in [6, 6.07) is 6.75. The molecule has 7 nitrogen and oxygen atoms in total. The zero-order valence-electron chi connectivity index (χ0n) is 13.9. The van der Waals surface area contributed by atoms with Gasteiger partial charge in [0.25, 0.3) is 0 Å². The third-order valence-corrected chi connectivity index (χ3v) is 3.23. The number of hydrogen-bond donors (Lipinski definition) is 3. The van der Waals surface area contributed by atoms with Crippen molar-refractivity contribution < 1.29 is 14.4 Å². The van der Waals surface area contributed by atoms with Gasteiger partial charge in [-0.15, -0.1) is 0 Å². The lowest BCUT2D eigenvalue weighted by Gasteiger charge is -2.16. The summed E-state index contributed by atoms with van der Waals surface area (Å²) in [5, 5.41) is 8.48. The van der Waals surface area contributed by atoms with Crippen molar-refractivity contribution >= 4 is 35.0 Å². The van der Waals surface area contributed by atoms with Crippen molar-refractivity contribution in [2.24, 2.45) is 0 Å². The van der Waals surface area contributed by atoms with Gasteiger partial charge in [0.05, 0.1) is 19.6 Å². The Morgan fingerprint density at radius 2 is 1.62 bits per heavy atom. The molecule has 0 aliphatic carbocycles. The zero-order chi connectivity index (χ0) is 17.9. The van der Waals surface area contributed by atoms with Crippen LogP contribution in [0, 0.1) is 0 Å². The number of carbonyl (C=O) groups is 3. The summed E-state index contributed by atoms with van der Waals surface area (Å²) in [6.45, 7) is 2.54. The van der Waals surface area contributed by atoms with E-state index >= 15 is 0 Å². The Kier molecular flexibility index (Phi) is 8.81. The number of carbonyl (C=O) groups excluding carboxylic acids is 3. The highest BCUT2D eigenvalue weighted by molar-refractivity contribution is 6.30. The van der Waals surface area contributed by atoms with E-state index in [0.29, 0.717) is 17.3 Å². The van der Waals surface area contributed by atoms with Crippen LogP contribution in [0.25, 0.3) is 0 Å². The Balaban J connectivity index is 2.27. The lowest BCUT2D eigenvalue weighted by Crippen LogP contribution is -2.42. The van der Waals surface area contributed by atoms with Crippen molar-refractivity contribution in [2.45, 2.75) is 13.3 Å². The van der Waals surface area contributed by atoms with Crippen LogP contribution in [-0.2, 0) is 14.4 Å². The standard InChI is InChI=1S/C16H23ClN4O3/c1-3-8-18-14(22)9-19-15(23)10-21(2)11-16(24)20-13-6-4-12(17)5-7-13/h4-7H,3,8-11H2,1-2H3,(H,18,22)(H,19,23)(H,20,24). The number of likely N-dealkylation sites (N-methyl/N-ethyl adjacent to an activating group) is 1. The largest absolute Gasteiger partial charge is 0.355 e. The van der Waals surface area contributed by atoms with Crippen molar-refractivity contribution in [3.63, 3.8) is 0 Å². The lowest BCUT2D eigenvalue weighted by atomic mass is 10.3. The topological polar surface area (TPSA) is 90.5 Å². The predicted octanol–water partition coefficient (Wildman–Crippen LogP) is 0.853. The van der Waals surface area contributed by atoms with E-state index in [-0.39, 0.29) is 37.4 Å². The van der Waals surface area contributed by atoms with Crippen LogP contribution in [0.2, 0.25) is 5.02 Å². The van der Waals surface area contributed by atoms with E-state index < -0.39 is 0 Å². The van der Waals surface area contributed by atoms with E-state index in [2.05, 4.69) is 16.0 Å². The summed E-state index contributed by atoms with van der Waals surface area (Å²) in [7, 11) is 1.65. The number of anilines is 1. The van der Waals surface area contributed by atoms with Crippen molar-refractivity contribution in [3.8, 4) is 0 Å². The summed E-state index contributed by atoms with van der Waals surface area (Å²) in [4.78, 5) is 36.6. The molecule has 0 heterocycles. The first kappa shape index (κ1) is 19.9. The highest BCUT2D eigenvalue weighted by atomic mass is 35.5. The molecule has 0 aromatic heterocycles. The molecule has 0 unspecified atom stereocenters. The van der Waals surface area contributed by atoms with E-state index in [4.69, 9.17) is 11.6 Å². The third kappa shape index (κ3) is 8.50. The van der Waals surface area contributed by atoms with E-state index in [1.54, 1.807) is 36.2 Å². The number of benzene rings is 1. The van der Waals surface area contributed by atoms with Crippen LogP contribution in [0.1, 0.15) is 13.3 Å². The minimum absolute atomic E-state index is 0.0229. The van der Waals surface area contributed by atoms with Crippen LogP contribution in [0.15, 0.2) is 24.3 Å². The average Bonchev–Trinajstić information content (AvgIpc) is 2.52. The maximum Gasteiger partial charge on any atom is 0.239 e. The fourth-order valence-corrected chi connectivity index (χ4v) is 1.97. The minimum Gasteiger partial charge on any atom is -0.355 e. The van der Waals surface area contributed by atoms with Crippen molar-refractivity contribution in [1.29, 1.82) is 0 Å². The Labute approximate surface area is 146 Å². The van der Waals surface area contributed by atoms with Crippen LogP contribution in [-0.4, -0.2) is 55.8 Å². The smallest absolute Gasteiger partial charge is 0.239 e. The molecule has 0 radical (unpaired) electrons. The lowest BCUT2D eigenvalue weighted by molar-refractivity contribution is -0.127. The van der Waals surface area contributed by atoms with Crippen molar-refractivity contribution in [3.05, 3.63) is 29.3 Å². The Morgan fingerprint density at radius 3 is 2.25 bits per heavy atom. The molecule has 132 valence electrons. The van der Waals surface area contributed by atoms with Gasteiger partial charge < -0.3 is 16.0 Å². The molecule has 0 aliphatic rings. The first-order chi connectivity index (χ1) is 11.4. The van der Waals surface area contributed by atoms with Gasteiger partial charge in [-0.05, 0) is 37.7 Å². The number of nitrogens with zero attached hydrogens (tertiary/aromatic N) is 1. The average molecular weight is 355 g/mol. The van der Waals surface area contributed by atoms with Gasteiger partial charge >= 0.3 is 0 Å². The maximum atomic E-state index is 11.9. The van der Waals surface area contributed by atoms with Gasteiger partial charge in [0, 0.05) is 17.3 Å². The van der Waals surface area contributed by atoms with Crippen LogP contribution in [0.3, 0.4) is 0 Å². The van der Waals surface area contributed by atoms with Crippen LogP contribution in [0.4, 0.5) is 5.69 Å². The number of amides is 3. The molecule has 0 aliphatic heterocycles. The summed E-state index contributed by atoms with van der Waals surface area (Å²) in [5.74, 6) is -0.787. The van der Waals surface area contributed by atoms with Crippen molar-refractivity contribution in [2.75, 3.05) is 38.5 Å². The molecule has 3 N–H and O–H groups in total. The van der Waals surface area contributed by atoms with E-state index in [1.165, 1.54) is 0 Å². The maximum absolute atomic E-state index is 11.9. The predicted molar refractivity (Wildman–Crippen MR) is 93.9 cm³/mol. The molecular weight excluding hydrogens is 332 g/mol. The van der Waals surface area contributed by atoms with E-state index in [9.17, 15) is 14.4 Å². The minimum atomic E-state index is -0.316. The zero-order valence-corrected chi connectivity index (χ0v) is 14.7. The van der Waals surface area contributed by atoms with Crippen LogP contribution < -0.4 is 16.0 Å². The van der Waals surface area contributed by atoms with Crippen LogP contribution >= 0.6 is 11.6 Å². The van der Waals surface area contributed by atoms with Gasteiger partial charge in [0.2, 0.25) is 17.7 Å². The van der Waals surface area contributed by atoms with E-state index in [0.717, 1.165) is 6.42 Å². The second-order valence-corrected chi connectivity index (χ2v) is 5.79. The second kappa shape index (κ2) is 10.6. The van der Waals surface area contributed by atoms with Gasteiger partial charge in [-0.1, -0.05) is 18.5 Å². The molecule has 1 aromatic rings. The Hall–Kier alpha value is -2.12. The molecule has 0 fully saturated rings. The monoisotopic (exact) mass is 354 g/mol. The molecule has 8 heteroatoms. The number of halogens is 1. The Bertz CT molecular complexity index is 563. The van der Waals surface area contributed by atoms with Gasteiger partial charge in [-0.2, -0.15) is 0 Å². The van der Waals surface area contributed by atoms with Gasteiger partial charge in [0.15, 0.2) is 0 Å². The Morgan fingerprint density at radius 1 is 1.00 bits per heavy atom. The molecule has 1 rings (SSSR count). The fourth-order valence-electron chi connectivity index (χ4n) is 1.84. The summed E-state index contributed by atoms with van der Waals surface area (Å²) in [5.41, 5.74) is 0.634. The highest BCUT2D eigenvalue weighted by Gasteiger charge is 2.11. The van der Waals surface area contributed by atoms with Crippen LogP contribution in [0.5, 0.6) is 0 Å². The third-order valence-electron chi connectivity index (χ3n) is 2.97. The highest BCUT2D eigenvalue weighted by Crippen LogP contribution is 2.13. The molecule has 0 spiro atoms.